The fourth-order valence-corrected chi connectivity index (χ4v) is 5.12. The van der Waals surface area contributed by atoms with Crippen LogP contribution in [-0.4, -0.2) is 58.8 Å². The maximum Gasteiger partial charge on any atom is 0.255 e. The van der Waals surface area contributed by atoms with E-state index in [4.69, 9.17) is 0 Å². The van der Waals surface area contributed by atoms with Gasteiger partial charge in [0.2, 0.25) is 0 Å². The molecule has 3 aromatic rings. The Morgan fingerprint density at radius 1 is 0.811 bits per heavy atom. The second-order valence-corrected chi connectivity index (χ2v) is 9.83. The van der Waals surface area contributed by atoms with Gasteiger partial charge < -0.3 is 25.3 Å². The smallest absolute Gasteiger partial charge is 0.255 e. The van der Waals surface area contributed by atoms with E-state index in [0.29, 0.717) is 19.5 Å². The third-order valence-corrected chi connectivity index (χ3v) is 7.33. The first kappa shape index (κ1) is 25.0. The average Bonchev–Trinajstić information content (AvgIpc) is 3.50. The summed E-state index contributed by atoms with van der Waals surface area (Å²) >= 11 is 0. The highest BCUT2D eigenvalue weighted by Gasteiger charge is 2.34. The van der Waals surface area contributed by atoms with Crippen molar-refractivity contribution in [3.63, 3.8) is 0 Å². The predicted molar refractivity (Wildman–Crippen MR) is 143 cm³/mol. The zero-order chi connectivity index (χ0) is 25.8. The van der Waals surface area contributed by atoms with Crippen LogP contribution in [0.5, 0.6) is 0 Å². The molecule has 37 heavy (non-hydrogen) atoms. The monoisotopic (exact) mass is 499 g/mol. The first-order chi connectivity index (χ1) is 18.0. The van der Waals surface area contributed by atoms with Crippen LogP contribution in [0.25, 0.3) is 11.1 Å². The number of nitrogens with one attached hydrogen (secondary N) is 1. The van der Waals surface area contributed by atoms with Crippen LogP contribution in [0.1, 0.15) is 29.5 Å². The molecule has 192 valence electrons. The largest absolute Gasteiger partial charge is 0.380 e. The standard InChI is InChI=1S/C30H33N3O4/c34-27(28(35)30(37)33-17-14-22-6-1-2-7-25(22)20-33)29(36)31-19-21-10-12-23(13-11-21)24-8-5-9-26(18-24)32-15-3-4-16-32/h1-2,5-13,18,27-28,34-35H,3-4,14-17,19-20H2,(H,31,36). The van der Waals surface area contributed by atoms with Gasteiger partial charge in [0, 0.05) is 38.4 Å². The number of fused-ring (bicyclic) bond motifs is 1. The van der Waals surface area contributed by atoms with Gasteiger partial charge in [0.05, 0.1) is 0 Å². The molecule has 0 aliphatic carbocycles. The molecule has 7 heteroatoms. The van der Waals surface area contributed by atoms with Gasteiger partial charge in [0.15, 0.2) is 12.2 Å². The van der Waals surface area contributed by atoms with E-state index in [1.54, 1.807) is 0 Å². The molecule has 5 rings (SSSR count). The summed E-state index contributed by atoms with van der Waals surface area (Å²) in [5.41, 5.74) is 6.50. The molecular weight excluding hydrogens is 466 g/mol. The molecule has 2 atom stereocenters. The van der Waals surface area contributed by atoms with Crippen molar-refractivity contribution in [2.75, 3.05) is 24.5 Å². The van der Waals surface area contributed by atoms with E-state index in [1.165, 1.54) is 29.0 Å². The van der Waals surface area contributed by atoms with E-state index in [0.717, 1.165) is 35.3 Å². The average molecular weight is 500 g/mol. The van der Waals surface area contributed by atoms with Crippen molar-refractivity contribution in [2.24, 2.45) is 0 Å². The highest BCUT2D eigenvalue weighted by Crippen LogP contribution is 2.27. The van der Waals surface area contributed by atoms with Crippen molar-refractivity contribution < 1.29 is 19.8 Å². The summed E-state index contributed by atoms with van der Waals surface area (Å²) in [5, 5.41) is 23.4. The molecule has 2 aliphatic heterocycles. The fraction of sp³-hybridized carbons (Fsp3) is 0.333. The first-order valence-electron chi connectivity index (χ1n) is 12.9. The van der Waals surface area contributed by atoms with Gasteiger partial charge >= 0.3 is 0 Å². The number of aliphatic hydroxyl groups is 2. The number of amides is 2. The minimum absolute atomic E-state index is 0.183. The van der Waals surface area contributed by atoms with Crippen LogP contribution in [0.15, 0.2) is 72.8 Å². The zero-order valence-corrected chi connectivity index (χ0v) is 20.8. The normalized spacial score (nSPS) is 16.7. The maximum absolute atomic E-state index is 12.7. The molecule has 2 unspecified atom stereocenters. The van der Waals surface area contributed by atoms with Crippen LogP contribution in [0.4, 0.5) is 5.69 Å². The van der Waals surface area contributed by atoms with Gasteiger partial charge in [-0.3, -0.25) is 9.59 Å². The van der Waals surface area contributed by atoms with Crippen molar-refractivity contribution in [2.45, 2.75) is 44.6 Å². The topological polar surface area (TPSA) is 93.1 Å². The van der Waals surface area contributed by atoms with Gasteiger partial charge in [-0.2, -0.15) is 0 Å². The van der Waals surface area contributed by atoms with Gasteiger partial charge in [-0.25, -0.2) is 0 Å². The minimum Gasteiger partial charge on any atom is -0.380 e. The van der Waals surface area contributed by atoms with Crippen molar-refractivity contribution in [3.8, 4) is 11.1 Å². The van der Waals surface area contributed by atoms with E-state index in [9.17, 15) is 19.8 Å². The zero-order valence-electron chi connectivity index (χ0n) is 20.8. The Morgan fingerprint density at radius 3 is 2.30 bits per heavy atom. The summed E-state index contributed by atoms with van der Waals surface area (Å²) in [6, 6.07) is 24.2. The third kappa shape index (κ3) is 5.68. The van der Waals surface area contributed by atoms with Gasteiger partial charge in [-0.05, 0) is 59.2 Å². The number of rotatable bonds is 7. The van der Waals surface area contributed by atoms with Crippen molar-refractivity contribution in [1.82, 2.24) is 10.2 Å². The lowest BCUT2D eigenvalue weighted by atomic mass is 9.99. The summed E-state index contributed by atoms with van der Waals surface area (Å²) < 4.78 is 0. The van der Waals surface area contributed by atoms with Gasteiger partial charge in [-0.15, -0.1) is 0 Å². The fourth-order valence-electron chi connectivity index (χ4n) is 5.12. The van der Waals surface area contributed by atoms with Crippen LogP contribution in [0, 0.1) is 0 Å². The maximum atomic E-state index is 12.7. The molecule has 0 aromatic heterocycles. The van der Waals surface area contributed by atoms with Gasteiger partial charge in [0.25, 0.3) is 11.8 Å². The SMILES string of the molecule is O=C(NCc1ccc(-c2cccc(N3CCCC3)c2)cc1)C(O)C(O)C(=O)N1CCc2ccccc2C1. The summed E-state index contributed by atoms with van der Waals surface area (Å²) in [6.45, 7) is 3.17. The summed E-state index contributed by atoms with van der Waals surface area (Å²) in [4.78, 5) is 29.1. The van der Waals surface area contributed by atoms with Gasteiger partial charge in [0.1, 0.15) is 0 Å². The molecule has 7 nitrogen and oxygen atoms in total. The number of anilines is 1. The van der Waals surface area contributed by atoms with E-state index in [2.05, 4.69) is 34.5 Å². The molecule has 2 amide bonds. The Hall–Kier alpha value is -3.68. The number of carbonyl (C=O) groups excluding carboxylic acids is 2. The summed E-state index contributed by atoms with van der Waals surface area (Å²) in [7, 11) is 0. The molecule has 3 aromatic carbocycles. The van der Waals surface area contributed by atoms with Crippen LogP contribution in [0.3, 0.4) is 0 Å². The lowest BCUT2D eigenvalue weighted by molar-refractivity contribution is -0.153. The Bertz CT molecular complexity index is 1250. The highest BCUT2D eigenvalue weighted by molar-refractivity contribution is 5.90. The van der Waals surface area contributed by atoms with Crippen LogP contribution >= 0.6 is 0 Å². The third-order valence-electron chi connectivity index (χ3n) is 7.33. The highest BCUT2D eigenvalue weighted by atomic mass is 16.3. The molecule has 2 aliphatic rings. The van der Waals surface area contributed by atoms with Crippen LogP contribution < -0.4 is 10.2 Å². The number of nitrogens with zero attached hydrogens (tertiary/aromatic N) is 2. The quantitative estimate of drug-likeness (QED) is 0.465. The number of aliphatic hydroxyl groups excluding tert-OH is 2. The molecule has 0 bridgehead atoms. The molecule has 0 spiro atoms. The number of hydrogen-bond donors (Lipinski definition) is 3. The number of benzene rings is 3. The van der Waals surface area contributed by atoms with Crippen LogP contribution in [0.2, 0.25) is 0 Å². The molecule has 1 fully saturated rings. The first-order valence-corrected chi connectivity index (χ1v) is 12.9. The number of hydrogen-bond acceptors (Lipinski definition) is 5. The molecular formula is C30H33N3O4. The van der Waals surface area contributed by atoms with E-state index >= 15 is 0 Å². The van der Waals surface area contributed by atoms with E-state index in [1.807, 2.05) is 48.5 Å². The second kappa shape index (κ2) is 11.2. The van der Waals surface area contributed by atoms with Crippen molar-refractivity contribution in [1.29, 1.82) is 0 Å². The number of carbonyl (C=O) groups is 2. The molecule has 3 N–H and O–H groups in total. The van der Waals surface area contributed by atoms with Crippen molar-refractivity contribution >= 4 is 17.5 Å². The van der Waals surface area contributed by atoms with Gasteiger partial charge in [-0.1, -0.05) is 60.7 Å². The molecule has 2 heterocycles. The Labute approximate surface area is 217 Å². The summed E-state index contributed by atoms with van der Waals surface area (Å²) in [5.74, 6) is -1.42. The Morgan fingerprint density at radius 2 is 1.54 bits per heavy atom. The Balaban J connectivity index is 1.14. The molecule has 1 saturated heterocycles. The molecule has 0 radical (unpaired) electrons. The molecule has 0 saturated carbocycles. The lowest BCUT2D eigenvalue weighted by Gasteiger charge is -2.31. The summed E-state index contributed by atoms with van der Waals surface area (Å²) in [6.07, 6.45) is -0.503. The van der Waals surface area contributed by atoms with E-state index < -0.39 is 24.0 Å². The Kier molecular flexibility index (Phi) is 7.53. The predicted octanol–water partition coefficient (Wildman–Crippen LogP) is 2.88. The lowest BCUT2D eigenvalue weighted by Crippen LogP contribution is -2.51. The minimum atomic E-state index is -1.84. The van der Waals surface area contributed by atoms with Crippen LogP contribution in [-0.2, 0) is 29.1 Å². The second-order valence-electron chi connectivity index (χ2n) is 9.83. The van der Waals surface area contributed by atoms with E-state index in [-0.39, 0.29) is 6.54 Å². The van der Waals surface area contributed by atoms with Crippen molar-refractivity contribution in [3.05, 3.63) is 89.5 Å².